The van der Waals surface area contributed by atoms with Crippen molar-refractivity contribution in [1.82, 2.24) is 10.3 Å². The lowest BCUT2D eigenvalue weighted by Crippen LogP contribution is -2.23. The van der Waals surface area contributed by atoms with Crippen LogP contribution in [0.25, 0.3) is 0 Å². The number of carboxylic acids is 1. The summed E-state index contributed by atoms with van der Waals surface area (Å²) in [5.74, 6) is -0.482. The number of carbonyl (C=O) groups is 2. The van der Waals surface area contributed by atoms with Crippen LogP contribution in [0.15, 0.2) is 42.7 Å². The zero-order valence-electron chi connectivity index (χ0n) is 13.8. The standard InChI is InChI=1S/C19H20N2O4/c22-18(21-11-13-4-6-20-7-5-13)15-8-16(19(23)24)10-17(9-15)25-12-14-2-1-3-14/h4-10,14H,1-3,11-12H2,(H,21,22)(H,23,24). The van der Waals surface area contributed by atoms with Gasteiger partial charge < -0.3 is 15.2 Å². The molecule has 3 rings (SSSR count). The average Bonchev–Trinajstić information content (AvgIpc) is 2.59. The summed E-state index contributed by atoms with van der Waals surface area (Å²) in [7, 11) is 0. The largest absolute Gasteiger partial charge is 0.493 e. The SMILES string of the molecule is O=C(O)c1cc(OCC2CCC2)cc(C(=O)NCc2ccncc2)c1. The highest BCUT2D eigenvalue weighted by molar-refractivity contribution is 5.98. The number of ether oxygens (including phenoxy) is 1. The van der Waals surface area contributed by atoms with Crippen molar-refractivity contribution in [2.45, 2.75) is 25.8 Å². The quantitative estimate of drug-likeness (QED) is 0.809. The smallest absolute Gasteiger partial charge is 0.335 e. The topological polar surface area (TPSA) is 88.5 Å². The molecule has 0 saturated heterocycles. The zero-order valence-corrected chi connectivity index (χ0v) is 13.8. The molecule has 0 bridgehead atoms. The Morgan fingerprint density at radius 1 is 1.16 bits per heavy atom. The van der Waals surface area contributed by atoms with Gasteiger partial charge in [0.25, 0.3) is 5.91 Å². The summed E-state index contributed by atoms with van der Waals surface area (Å²) in [6.07, 6.45) is 6.79. The molecule has 0 radical (unpaired) electrons. The van der Waals surface area contributed by atoms with E-state index in [1.807, 2.05) is 0 Å². The highest BCUT2D eigenvalue weighted by atomic mass is 16.5. The fourth-order valence-electron chi connectivity index (χ4n) is 2.60. The Labute approximate surface area is 145 Å². The van der Waals surface area contributed by atoms with Crippen LogP contribution in [0, 0.1) is 5.92 Å². The van der Waals surface area contributed by atoms with Crippen LogP contribution >= 0.6 is 0 Å². The molecule has 1 saturated carbocycles. The number of hydrogen-bond acceptors (Lipinski definition) is 4. The third kappa shape index (κ3) is 4.56. The van der Waals surface area contributed by atoms with E-state index in [0.29, 0.717) is 24.8 Å². The highest BCUT2D eigenvalue weighted by Crippen LogP contribution is 2.27. The summed E-state index contributed by atoms with van der Waals surface area (Å²) in [6.45, 7) is 0.901. The van der Waals surface area contributed by atoms with Crippen LogP contribution in [0.5, 0.6) is 5.75 Å². The van der Waals surface area contributed by atoms with Crippen molar-refractivity contribution in [3.63, 3.8) is 0 Å². The molecule has 2 N–H and O–H groups in total. The lowest BCUT2D eigenvalue weighted by atomic mass is 9.86. The third-order valence-electron chi connectivity index (χ3n) is 4.33. The number of amides is 1. The molecular weight excluding hydrogens is 320 g/mol. The van der Waals surface area contributed by atoms with Crippen molar-refractivity contribution in [3.05, 3.63) is 59.4 Å². The molecule has 2 aromatic rings. The minimum Gasteiger partial charge on any atom is -0.493 e. The van der Waals surface area contributed by atoms with Crippen LogP contribution in [0.2, 0.25) is 0 Å². The second-order valence-electron chi connectivity index (χ2n) is 6.20. The van der Waals surface area contributed by atoms with Gasteiger partial charge in [0.1, 0.15) is 5.75 Å². The monoisotopic (exact) mass is 340 g/mol. The number of nitrogens with one attached hydrogen (secondary N) is 1. The zero-order chi connectivity index (χ0) is 17.6. The fraction of sp³-hybridized carbons (Fsp3) is 0.316. The summed E-state index contributed by atoms with van der Waals surface area (Å²) >= 11 is 0. The average molecular weight is 340 g/mol. The molecule has 1 aromatic heterocycles. The number of nitrogens with zero attached hydrogens (tertiary/aromatic N) is 1. The van der Waals surface area contributed by atoms with E-state index < -0.39 is 5.97 Å². The lowest BCUT2D eigenvalue weighted by Gasteiger charge is -2.25. The molecule has 130 valence electrons. The number of hydrogen-bond donors (Lipinski definition) is 2. The first kappa shape index (κ1) is 17.0. The fourth-order valence-corrected chi connectivity index (χ4v) is 2.60. The molecule has 6 nitrogen and oxygen atoms in total. The van der Waals surface area contributed by atoms with Crippen LogP contribution in [-0.4, -0.2) is 28.6 Å². The summed E-state index contributed by atoms with van der Waals surface area (Å²) < 4.78 is 5.70. The molecule has 0 unspecified atom stereocenters. The number of carboxylic acid groups (broad SMARTS) is 1. The van der Waals surface area contributed by atoms with Crippen molar-refractivity contribution >= 4 is 11.9 Å². The van der Waals surface area contributed by atoms with Gasteiger partial charge in [0, 0.05) is 24.5 Å². The van der Waals surface area contributed by atoms with E-state index in [9.17, 15) is 14.7 Å². The Bertz CT molecular complexity index is 757. The third-order valence-corrected chi connectivity index (χ3v) is 4.33. The van der Waals surface area contributed by atoms with Crippen LogP contribution in [-0.2, 0) is 6.54 Å². The Hall–Kier alpha value is -2.89. The second kappa shape index (κ2) is 7.79. The number of aromatic carboxylic acids is 1. The van der Waals surface area contributed by atoms with E-state index in [0.717, 1.165) is 18.4 Å². The molecule has 1 amide bonds. The Kier molecular flexibility index (Phi) is 5.28. The molecular formula is C19H20N2O4. The van der Waals surface area contributed by atoms with Gasteiger partial charge in [0.2, 0.25) is 0 Å². The van der Waals surface area contributed by atoms with Gasteiger partial charge in [0.15, 0.2) is 0 Å². The first-order valence-electron chi connectivity index (χ1n) is 8.30. The maximum absolute atomic E-state index is 12.4. The maximum Gasteiger partial charge on any atom is 0.335 e. The summed E-state index contributed by atoms with van der Waals surface area (Å²) in [4.78, 5) is 27.6. The van der Waals surface area contributed by atoms with E-state index in [4.69, 9.17) is 4.74 Å². The molecule has 1 fully saturated rings. The van der Waals surface area contributed by atoms with E-state index in [2.05, 4.69) is 10.3 Å². The van der Waals surface area contributed by atoms with Crippen molar-refractivity contribution in [1.29, 1.82) is 0 Å². The molecule has 1 aromatic carbocycles. The first-order chi connectivity index (χ1) is 12.1. The number of carbonyl (C=O) groups excluding carboxylic acids is 1. The molecule has 0 aliphatic heterocycles. The van der Waals surface area contributed by atoms with Gasteiger partial charge >= 0.3 is 5.97 Å². The van der Waals surface area contributed by atoms with E-state index in [1.165, 1.54) is 18.6 Å². The van der Waals surface area contributed by atoms with Gasteiger partial charge in [-0.2, -0.15) is 0 Å². The van der Waals surface area contributed by atoms with Gasteiger partial charge in [-0.1, -0.05) is 6.42 Å². The minimum atomic E-state index is -1.09. The van der Waals surface area contributed by atoms with Gasteiger partial charge in [-0.25, -0.2) is 4.79 Å². The summed E-state index contributed by atoms with van der Waals surface area (Å²) in [5.41, 5.74) is 1.23. The van der Waals surface area contributed by atoms with E-state index in [-0.39, 0.29) is 17.0 Å². The van der Waals surface area contributed by atoms with Crippen molar-refractivity contribution < 1.29 is 19.4 Å². The van der Waals surface area contributed by atoms with Crippen molar-refractivity contribution in [2.75, 3.05) is 6.61 Å². The molecule has 0 atom stereocenters. The van der Waals surface area contributed by atoms with Crippen LogP contribution in [0.3, 0.4) is 0 Å². The molecule has 6 heteroatoms. The Morgan fingerprint density at radius 3 is 2.52 bits per heavy atom. The summed E-state index contributed by atoms with van der Waals surface area (Å²) in [6, 6.07) is 8.02. The number of rotatable bonds is 7. The van der Waals surface area contributed by atoms with Gasteiger partial charge in [-0.3, -0.25) is 9.78 Å². The lowest BCUT2D eigenvalue weighted by molar-refractivity contribution is 0.0696. The second-order valence-corrected chi connectivity index (χ2v) is 6.20. The van der Waals surface area contributed by atoms with Crippen molar-refractivity contribution in [2.24, 2.45) is 5.92 Å². The predicted octanol–water partition coefficient (Wildman–Crippen LogP) is 2.89. The molecule has 1 heterocycles. The van der Waals surface area contributed by atoms with E-state index >= 15 is 0 Å². The predicted molar refractivity (Wildman–Crippen MR) is 91.6 cm³/mol. The van der Waals surface area contributed by atoms with Gasteiger partial charge in [-0.15, -0.1) is 0 Å². The van der Waals surface area contributed by atoms with Crippen LogP contribution in [0.1, 0.15) is 45.5 Å². The molecule has 25 heavy (non-hydrogen) atoms. The first-order valence-corrected chi connectivity index (χ1v) is 8.30. The van der Waals surface area contributed by atoms with Crippen molar-refractivity contribution in [3.8, 4) is 5.75 Å². The minimum absolute atomic E-state index is 0.0418. The number of benzene rings is 1. The maximum atomic E-state index is 12.4. The highest BCUT2D eigenvalue weighted by Gasteiger charge is 2.19. The van der Waals surface area contributed by atoms with Crippen LogP contribution < -0.4 is 10.1 Å². The van der Waals surface area contributed by atoms with E-state index in [1.54, 1.807) is 30.6 Å². The molecule has 0 spiro atoms. The van der Waals surface area contributed by atoms with Crippen LogP contribution in [0.4, 0.5) is 0 Å². The normalized spacial score (nSPS) is 13.8. The number of pyridine rings is 1. The Balaban J connectivity index is 1.70. The molecule has 1 aliphatic carbocycles. The summed E-state index contributed by atoms with van der Waals surface area (Å²) in [5, 5.41) is 12.0. The Morgan fingerprint density at radius 2 is 1.88 bits per heavy atom. The van der Waals surface area contributed by atoms with Gasteiger partial charge in [0.05, 0.1) is 12.2 Å². The molecule has 1 aliphatic rings. The van der Waals surface area contributed by atoms with Gasteiger partial charge in [-0.05, 0) is 54.7 Å². The number of aromatic nitrogens is 1.